The van der Waals surface area contributed by atoms with Crippen molar-refractivity contribution in [2.24, 2.45) is 0 Å². The van der Waals surface area contributed by atoms with E-state index < -0.39 is 12.1 Å². The van der Waals surface area contributed by atoms with Gasteiger partial charge in [0.25, 0.3) is 0 Å². The maximum atomic E-state index is 12.2. The maximum Gasteiger partial charge on any atom is 0.471 e. The van der Waals surface area contributed by atoms with Crippen molar-refractivity contribution in [1.29, 1.82) is 0 Å². The predicted molar refractivity (Wildman–Crippen MR) is 75.2 cm³/mol. The smallest absolute Gasteiger partial charge is 0.300 e. The van der Waals surface area contributed by atoms with Crippen molar-refractivity contribution in [3.63, 3.8) is 0 Å². The number of amides is 1. The first kappa shape index (κ1) is 15.8. The number of hydrogen-bond donors (Lipinski definition) is 1. The third kappa shape index (κ3) is 4.21. The SMILES string of the molecule is O=C(Nc1nn(Cc2ccc(Cl)cc2)cc1Br)C(F)(F)F. The van der Waals surface area contributed by atoms with Crippen LogP contribution in [0, 0.1) is 0 Å². The van der Waals surface area contributed by atoms with Crippen LogP contribution < -0.4 is 5.32 Å². The van der Waals surface area contributed by atoms with Gasteiger partial charge in [0.2, 0.25) is 0 Å². The van der Waals surface area contributed by atoms with Gasteiger partial charge in [-0.3, -0.25) is 9.48 Å². The lowest BCUT2D eigenvalue weighted by molar-refractivity contribution is -0.167. The summed E-state index contributed by atoms with van der Waals surface area (Å²) in [5.74, 6) is -2.26. The van der Waals surface area contributed by atoms with Crippen molar-refractivity contribution in [3.05, 3.63) is 45.5 Å². The van der Waals surface area contributed by atoms with E-state index in [1.54, 1.807) is 29.6 Å². The van der Waals surface area contributed by atoms with Crippen LogP contribution in [0.4, 0.5) is 19.0 Å². The van der Waals surface area contributed by atoms with Crippen LogP contribution in [0.3, 0.4) is 0 Å². The highest BCUT2D eigenvalue weighted by Gasteiger charge is 2.39. The first-order chi connectivity index (χ1) is 9.75. The zero-order valence-electron chi connectivity index (χ0n) is 10.3. The van der Waals surface area contributed by atoms with Gasteiger partial charge in [0, 0.05) is 11.2 Å². The number of nitrogens with zero attached hydrogens (tertiary/aromatic N) is 2. The monoisotopic (exact) mass is 381 g/mol. The summed E-state index contributed by atoms with van der Waals surface area (Å²) >= 11 is 8.81. The Hall–Kier alpha value is -1.54. The summed E-state index contributed by atoms with van der Waals surface area (Å²) in [6.07, 6.45) is -3.49. The van der Waals surface area contributed by atoms with Gasteiger partial charge in [-0.05, 0) is 33.6 Å². The number of alkyl halides is 3. The number of anilines is 1. The summed E-state index contributed by atoms with van der Waals surface area (Å²) < 4.78 is 38.2. The van der Waals surface area contributed by atoms with Crippen LogP contribution in [0.2, 0.25) is 5.02 Å². The van der Waals surface area contributed by atoms with Gasteiger partial charge in [-0.15, -0.1) is 0 Å². The third-order valence-electron chi connectivity index (χ3n) is 2.46. The fraction of sp³-hybridized carbons (Fsp3) is 0.167. The summed E-state index contributed by atoms with van der Waals surface area (Å²) in [5.41, 5.74) is 0.864. The molecule has 0 bridgehead atoms. The van der Waals surface area contributed by atoms with Crippen LogP contribution in [0.25, 0.3) is 0 Å². The number of rotatable bonds is 3. The molecular weight excluding hydrogens is 375 g/mol. The zero-order chi connectivity index (χ0) is 15.6. The molecule has 1 amide bonds. The van der Waals surface area contributed by atoms with Crippen molar-refractivity contribution in [3.8, 4) is 0 Å². The molecule has 112 valence electrons. The summed E-state index contributed by atoms with van der Waals surface area (Å²) in [6, 6.07) is 6.93. The van der Waals surface area contributed by atoms with E-state index in [0.717, 1.165) is 5.56 Å². The highest BCUT2D eigenvalue weighted by molar-refractivity contribution is 9.10. The van der Waals surface area contributed by atoms with E-state index in [0.29, 0.717) is 11.6 Å². The standard InChI is InChI=1S/C12H8BrClF3N3O/c13-9-6-20(5-7-1-3-8(14)4-2-7)19-10(9)18-11(21)12(15,16)17/h1-4,6H,5H2,(H,18,19,21). The van der Waals surface area contributed by atoms with Crippen molar-refractivity contribution in [2.45, 2.75) is 12.7 Å². The molecule has 1 N–H and O–H groups in total. The summed E-state index contributed by atoms with van der Waals surface area (Å²) in [6.45, 7) is 0.331. The molecule has 0 saturated heterocycles. The lowest BCUT2D eigenvalue weighted by atomic mass is 10.2. The Bertz CT molecular complexity index is 655. The molecule has 0 radical (unpaired) electrons. The normalized spacial score (nSPS) is 11.5. The van der Waals surface area contributed by atoms with Crippen LogP contribution in [-0.2, 0) is 11.3 Å². The van der Waals surface area contributed by atoms with Gasteiger partial charge < -0.3 is 5.32 Å². The quantitative estimate of drug-likeness (QED) is 0.876. The molecule has 9 heteroatoms. The van der Waals surface area contributed by atoms with Crippen LogP contribution in [-0.4, -0.2) is 21.9 Å². The molecule has 0 spiro atoms. The Morgan fingerprint density at radius 3 is 2.52 bits per heavy atom. The lowest BCUT2D eigenvalue weighted by Gasteiger charge is -2.05. The second kappa shape index (κ2) is 6.07. The molecule has 2 rings (SSSR count). The van der Waals surface area contributed by atoms with E-state index in [-0.39, 0.29) is 10.3 Å². The highest BCUT2D eigenvalue weighted by Crippen LogP contribution is 2.24. The Morgan fingerprint density at radius 1 is 1.33 bits per heavy atom. The fourth-order valence-electron chi connectivity index (χ4n) is 1.52. The van der Waals surface area contributed by atoms with Gasteiger partial charge in [-0.2, -0.15) is 18.3 Å². The second-order valence-electron chi connectivity index (χ2n) is 4.10. The van der Waals surface area contributed by atoms with E-state index in [1.165, 1.54) is 10.9 Å². The topological polar surface area (TPSA) is 46.9 Å². The van der Waals surface area contributed by atoms with E-state index in [1.807, 2.05) is 0 Å². The number of carbonyl (C=O) groups is 1. The third-order valence-corrected chi connectivity index (χ3v) is 3.30. The minimum atomic E-state index is -4.96. The molecule has 1 aromatic heterocycles. The molecule has 0 aliphatic carbocycles. The Labute approximate surface area is 131 Å². The van der Waals surface area contributed by atoms with Gasteiger partial charge in [-0.25, -0.2) is 0 Å². The van der Waals surface area contributed by atoms with Crippen LogP contribution in [0.15, 0.2) is 34.9 Å². The molecule has 21 heavy (non-hydrogen) atoms. The molecular formula is C12H8BrClF3N3O. The fourth-order valence-corrected chi connectivity index (χ4v) is 2.06. The number of aromatic nitrogens is 2. The largest absolute Gasteiger partial charge is 0.471 e. The first-order valence-corrected chi connectivity index (χ1v) is 6.78. The van der Waals surface area contributed by atoms with Crippen molar-refractivity contribution in [1.82, 2.24) is 9.78 Å². The van der Waals surface area contributed by atoms with Gasteiger partial charge in [0.15, 0.2) is 5.82 Å². The predicted octanol–water partition coefficient (Wildman–Crippen LogP) is 3.85. The number of hydrogen-bond acceptors (Lipinski definition) is 2. The van der Waals surface area contributed by atoms with E-state index in [2.05, 4.69) is 21.0 Å². The Balaban J connectivity index is 2.12. The molecule has 4 nitrogen and oxygen atoms in total. The lowest BCUT2D eigenvalue weighted by Crippen LogP contribution is -2.30. The zero-order valence-corrected chi connectivity index (χ0v) is 12.6. The minimum Gasteiger partial charge on any atom is -0.300 e. The second-order valence-corrected chi connectivity index (χ2v) is 5.39. The van der Waals surface area contributed by atoms with E-state index >= 15 is 0 Å². The van der Waals surface area contributed by atoms with Crippen LogP contribution in [0.1, 0.15) is 5.56 Å². The molecule has 0 atom stereocenters. The van der Waals surface area contributed by atoms with Gasteiger partial charge >= 0.3 is 12.1 Å². The summed E-state index contributed by atoms with van der Waals surface area (Å²) in [5, 5.41) is 6.17. The summed E-state index contributed by atoms with van der Waals surface area (Å²) in [7, 11) is 0. The number of nitrogens with one attached hydrogen (secondary N) is 1. The molecule has 2 aromatic rings. The van der Waals surface area contributed by atoms with Crippen molar-refractivity contribution in [2.75, 3.05) is 5.32 Å². The average Bonchev–Trinajstić information content (AvgIpc) is 2.71. The first-order valence-electron chi connectivity index (χ1n) is 5.61. The molecule has 1 heterocycles. The molecule has 0 saturated carbocycles. The van der Waals surface area contributed by atoms with Gasteiger partial charge in [-0.1, -0.05) is 23.7 Å². The van der Waals surface area contributed by atoms with E-state index in [4.69, 9.17) is 11.6 Å². The van der Waals surface area contributed by atoms with Gasteiger partial charge in [0.1, 0.15) is 0 Å². The highest BCUT2D eigenvalue weighted by atomic mass is 79.9. The summed E-state index contributed by atoms with van der Waals surface area (Å²) in [4.78, 5) is 10.9. The number of carbonyl (C=O) groups excluding carboxylic acids is 1. The van der Waals surface area contributed by atoms with E-state index in [9.17, 15) is 18.0 Å². The molecule has 0 unspecified atom stereocenters. The Morgan fingerprint density at radius 2 is 1.95 bits per heavy atom. The number of benzene rings is 1. The molecule has 0 aliphatic heterocycles. The molecule has 0 aliphatic rings. The number of halogens is 5. The molecule has 0 fully saturated rings. The Kier molecular flexibility index (Phi) is 4.58. The van der Waals surface area contributed by atoms with Crippen LogP contribution >= 0.6 is 27.5 Å². The van der Waals surface area contributed by atoms with Crippen molar-refractivity contribution >= 4 is 39.3 Å². The maximum absolute atomic E-state index is 12.2. The van der Waals surface area contributed by atoms with Gasteiger partial charge in [0.05, 0.1) is 11.0 Å². The van der Waals surface area contributed by atoms with Crippen molar-refractivity contribution < 1.29 is 18.0 Å². The minimum absolute atomic E-state index is 0.189. The molecule has 1 aromatic carbocycles. The van der Waals surface area contributed by atoms with Crippen LogP contribution in [0.5, 0.6) is 0 Å². The average molecular weight is 383 g/mol.